The Balaban J connectivity index is 2.05. The number of hydrogen-bond acceptors (Lipinski definition) is 2. The molecule has 2 nitrogen and oxygen atoms in total. The molecule has 0 saturated heterocycles. The van der Waals surface area contributed by atoms with Gasteiger partial charge in [-0.2, -0.15) is 0 Å². The molecule has 146 valence electrons. The molecule has 0 bridgehead atoms. The van der Waals surface area contributed by atoms with E-state index in [2.05, 4.69) is 90.1 Å². The molecule has 0 heterocycles. The summed E-state index contributed by atoms with van der Waals surface area (Å²) in [6.07, 6.45) is 0. The Morgan fingerprint density at radius 2 is 0.929 bits per heavy atom. The summed E-state index contributed by atoms with van der Waals surface area (Å²) < 4.78 is 0. The maximum absolute atomic E-state index is 11.0. The first-order valence-corrected chi connectivity index (χ1v) is 9.81. The molecule has 0 aliphatic heterocycles. The van der Waals surface area contributed by atoms with Crippen molar-refractivity contribution in [3.8, 4) is 28.0 Å². The molecular weight excluding hydrogens is 342 g/mol. The first-order chi connectivity index (χ1) is 13.0. The second-order valence-corrected chi connectivity index (χ2v) is 9.62. The van der Waals surface area contributed by atoms with Gasteiger partial charge >= 0.3 is 0 Å². The van der Waals surface area contributed by atoms with Crippen LogP contribution < -0.4 is 5.73 Å². The lowest BCUT2D eigenvalue weighted by Gasteiger charge is -2.20. The largest absolute Gasteiger partial charge is 0.507 e. The van der Waals surface area contributed by atoms with Gasteiger partial charge in [-0.05, 0) is 45.2 Å². The van der Waals surface area contributed by atoms with Gasteiger partial charge in [0.1, 0.15) is 5.75 Å². The minimum Gasteiger partial charge on any atom is -0.507 e. The smallest absolute Gasteiger partial charge is 0.131 e. The zero-order valence-electron chi connectivity index (χ0n) is 17.8. The third-order valence-electron chi connectivity index (χ3n) is 5.26. The summed E-state index contributed by atoms with van der Waals surface area (Å²) in [6, 6.07) is 20.4. The Bertz CT molecular complexity index is 890. The van der Waals surface area contributed by atoms with E-state index in [0.29, 0.717) is 5.69 Å². The summed E-state index contributed by atoms with van der Waals surface area (Å²) in [7, 11) is 0. The number of phenols is 1. The highest BCUT2D eigenvalue weighted by Crippen LogP contribution is 2.41. The number of phenolic OH excluding ortho intramolecular Hbond substituents is 1. The molecule has 0 aliphatic rings. The molecule has 0 spiro atoms. The normalized spacial score (nSPS) is 12.2. The first-order valence-electron chi connectivity index (χ1n) is 9.81. The number of aromatic hydroxyl groups is 1. The van der Waals surface area contributed by atoms with Crippen LogP contribution in [0.25, 0.3) is 22.3 Å². The van der Waals surface area contributed by atoms with Crippen molar-refractivity contribution in [2.24, 2.45) is 0 Å². The highest BCUT2D eigenvalue weighted by molar-refractivity contribution is 5.85. The Kier molecular flexibility index (Phi) is 5.01. The maximum atomic E-state index is 11.0. The summed E-state index contributed by atoms with van der Waals surface area (Å²) in [5.74, 6) is 0.265. The minimum atomic E-state index is 0.0935. The molecule has 2 heteroatoms. The van der Waals surface area contributed by atoms with Gasteiger partial charge in [0.2, 0.25) is 0 Å². The van der Waals surface area contributed by atoms with Crippen LogP contribution >= 0.6 is 0 Å². The van der Waals surface area contributed by atoms with E-state index in [1.807, 2.05) is 12.1 Å². The third-order valence-corrected chi connectivity index (χ3v) is 5.26. The van der Waals surface area contributed by atoms with Crippen LogP contribution in [0.15, 0.2) is 60.7 Å². The van der Waals surface area contributed by atoms with Gasteiger partial charge in [-0.15, -0.1) is 0 Å². The summed E-state index contributed by atoms with van der Waals surface area (Å²) in [5, 5.41) is 11.0. The van der Waals surface area contributed by atoms with Crippen LogP contribution in [0.5, 0.6) is 5.75 Å². The van der Waals surface area contributed by atoms with E-state index in [1.165, 1.54) is 11.1 Å². The highest BCUT2D eigenvalue weighted by atomic mass is 16.3. The molecule has 3 rings (SSSR count). The van der Waals surface area contributed by atoms with E-state index in [9.17, 15) is 5.11 Å². The van der Waals surface area contributed by atoms with E-state index in [1.54, 1.807) is 0 Å². The molecule has 28 heavy (non-hydrogen) atoms. The molecule has 3 aromatic carbocycles. The fourth-order valence-electron chi connectivity index (χ4n) is 3.40. The molecule has 0 aliphatic carbocycles. The topological polar surface area (TPSA) is 46.2 Å². The third kappa shape index (κ3) is 4.06. The quantitative estimate of drug-likeness (QED) is 0.379. The van der Waals surface area contributed by atoms with E-state index in [4.69, 9.17) is 5.73 Å². The molecule has 0 atom stereocenters. The lowest BCUT2D eigenvalue weighted by Crippen LogP contribution is -2.10. The monoisotopic (exact) mass is 373 g/mol. The van der Waals surface area contributed by atoms with Crippen LogP contribution in [0.3, 0.4) is 0 Å². The number of anilines is 1. The van der Waals surface area contributed by atoms with Crippen LogP contribution in [-0.2, 0) is 10.8 Å². The fraction of sp³-hybridized carbons (Fsp3) is 0.308. The standard InChI is InChI=1S/C26H31NO/c1-25(2,3)19-11-7-17(8-12-19)22-15-21(27)16-23(24(22)28)18-9-13-20(14-10-18)26(4,5)6/h7-16,28H,27H2,1-6H3. The van der Waals surface area contributed by atoms with Crippen LogP contribution in [0.1, 0.15) is 52.7 Å². The van der Waals surface area contributed by atoms with E-state index < -0.39 is 0 Å². The molecule has 0 amide bonds. The van der Waals surface area contributed by atoms with Crippen LogP contribution in [0, 0.1) is 0 Å². The molecule has 3 aromatic rings. The second-order valence-electron chi connectivity index (χ2n) is 9.62. The number of rotatable bonds is 2. The fourth-order valence-corrected chi connectivity index (χ4v) is 3.40. The number of nitrogen functional groups attached to an aromatic ring is 1. The van der Waals surface area contributed by atoms with Crippen molar-refractivity contribution < 1.29 is 5.11 Å². The van der Waals surface area contributed by atoms with Crippen molar-refractivity contribution in [1.29, 1.82) is 0 Å². The van der Waals surface area contributed by atoms with Crippen LogP contribution in [0.4, 0.5) is 5.69 Å². The molecular formula is C26H31NO. The average Bonchev–Trinajstić information content (AvgIpc) is 2.62. The Morgan fingerprint density at radius 1 is 0.607 bits per heavy atom. The van der Waals surface area contributed by atoms with Gasteiger partial charge in [-0.3, -0.25) is 0 Å². The van der Waals surface area contributed by atoms with Crippen LogP contribution in [-0.4, -0.2) is 5.11 Å². The van der Waals surface area contributed by atoms with Crippen molar-refractivity contribution in [3.05, 3.63) is 71.8 Å². The zero-order valence-corrected chi connectivity index (χ0v) is 17.8. The van der Waals surface area contributed by atoms with Gasteiger partial charge in [0, 0.05) is 16.8 Å². The van der Waals surface area contributed by atoms with Gasteiger partial charge in [0.15, 0.2) is 0 Å². The first kappa shape index (κ1) is 20.0. The van der Waals surface area contributed by atoms with E-state index >= 15 is 0 Å². The molecule has 0 saturated carbocycles. The SMILES string of the molecule is CC(C)(C)c1ccc(-c2cc(N)cc(-c3ccc(C(C)(C)C)cc3)c2O)cc1. The Morgan fingerprint density at radius 3 is 1.21 bits per heavy atom. The minimum absolute atomic E-state index is 0.0935. The predicted molar refractivity (Wildman–Crippen MR) is 121 cm³/mol. The molecule has 0 fully saturated rings. The van der Waals surface area contributed by atoms with Gasteiger partial charge < -0.3 is 10.8 Å². The van der Waals surface area contributed by atoms with E-state index in [0.717, 1.165) is 22.3 Å². The lowest BCUT2D eigenvalue weighted by atomic mass is 9.85. The Labute approximate surface area is 169 Å². The van der Waals surface area contributed by atoms with Crippen molar-refractivity contribution in [2.45, 2.75) is 52.4 Å². The summed E-state index contributed by atoms with van der Waals surface area (Å²) >= 11 is 0. The van der Waals surface area contributed by atoms with Crippen molar-refractivity contribution in [2.75, 3.05) is 5.73 Å². The summed E-state index contributed by atoms with van der Waals surface area (Å²) in [4.78, 5) is 0. The van der Waals surface area contributed by atoms with Crippen molar-refractivity contribution in [1.82, 2.24) is 0 Å². The van der Waals surface area contributed by atoms with Crippen LogP contribution in [0.2, 0.25) is 0 Å². The molecule has 0 aromatic heterocycles. The summed E-state index contributed by atoms with van der Waals surface area (Å²) in [6.45, 7) is 13.2. The highest BCUT2D eigenvalue weighted by Gasteiger charge is 2.17. The maximum Gasteiger partial charge on any atom is 0.131 e. The molecule has 3 N–H and O–H groups in total. The van der Waals surface area contributed by atoms with E-state index in [-0.39, 0.29) is 16.6 Å². The average molecular weight is 374 g/mol. The zero-order chi connectivity index (χ0) is 20.7. The number of benzene rings is 3. The van der Waals surface area contributed by atoms with Crippen molar-refractivity contribution >= 4 is 5.69 Å². The summed E-state index contributed by atoms with van der Waals surface area (Å²) in [5.41, 5.74) is 13.0. The molecule has 0 radical (unpaired) electrons. The van der Waals surface area contributed by atoms with Crippen molar-refractivity contribution in [3.63, 3.8) is 0 Å². The number of nitrogens with two attached hydrogens (primary N) is 1. The van der Waals surface area contributed by atoms with Gasteiger partial charge in [-0.25, -0.2) is 0 Å². The van der Waals surface area contributed by atoms with Gasteiger partial charge in [-0.1, -0.05) is 90.1 Å². The number of hydrogen-bond donors (Lipinski definition) is 2. The van der Waals surface area contributed by atoms with Gasteiger partial charge in [0.25, 0.3) is 0 Å². The lowest BCUT2D eigenvalue weighted by molar-refractivity contribution is 0.479. The Hall–Kier alpha value is -2.74. The predicted octanol–water partition coefficient (Wildman–Crippen LogP) is 6.90. The molecule has 0 unspecified atom stereocenters. The second kappa shape index (κ2) is 7.01. The van der Waals surface area contributed by atoms with Gasteiger partial charge in [0.05, 0.1) is 0 Å².